The Morgan fingerprint density at radius 3 is 2.57 bits per heavy atom. The zero-order valence-electron chi connectivity index (χ0n) is 11.0. The van der Waals surface area contributed by atoms with Crippen LogP contribution in [0.3, 0.4) is 0 Å². The van der Waals surface area contributed by atoms with Crippen LogP contribution in [0.4, 0.5) is 5.69 Å². The highest BCUT2D eigenvalue weighted by Gasteiger charge is 2.14. The molecule has 0 aromatic heterocycles. The second kappa shape index (κ2) is 6.93. The lowest BCUT2D eigenvalue weighted by Crippen LogP contribution is -2.37. The van der Waals surface area contributed by atoms with Gasteiger partial charge in [0.2, 0.25) is 5.91 Å². The van der Waals surface area contributed by atoms with E-state index in [1.54, 1.807) is 42.5 Å². The first-order chi connectivity index (χ1) is 9.95. The minimum absolute atomic E-state index is 0.183. The van der Waals surface area contributed by atoms with Crippen LogP contribution in [0.5, 0.6) is 5.75 Å². The van der Waals surface area contributed by atoms with Crippen LogP contribution < -0.4 is 11.1 Å². The fourth-order valence-corrected chi connectivity index (χ4v) is 2.28. The molecule has 2 rings (SSSR count). The summed E-state index contributed by atoms with van der Waals surface area (Å²) in [5, 5.41) is 12.5. The topological polar surface area (TPSA) is 75.3 Å². The number of rotatable bonds is 4. The molecule has 0 fully saturated rings. The number of anilines is 1. The lowest BCUT2D eigenvalue weighted by atomic mass is 10.1. The van der Waals surface area contributed by atoms with Gasteiger partial charge in [0.15, 0.2) is 0 Å². The van der Waals surface area contributed by atoms with Gasteiger partial charge in [-0.2, -0.15) is 0 Å². The Morgan fingerprint density at radius 1 is 1.29 bits per heavy atom. The van der Waals surface area contributed by atoms with Gasteiger partial charge in [-0.25, -0.2) is 0 Å². The van der Waals surface area contributed by atoms with Crippen LogP contribution in [0.1, 0.15) is 5.56 Å². The van der Waals surface area contributed by atoms with E-state index < -0.39 is 6.04 Å². The van der Waals surface area contributed by atoms with Crippen molar-refractivity contribution in [1.82, 2.24) is 0 Å². The number of amides is 1. The van der Waals surface area contributed by atoms with Crippen LogP contribution in [0.15, 0.2) is 46.9 Å². The number of benzene rings is 2. The van der Waals surface area contributed by atoms with Gasteiger partial charge >= 0.3 is 0 Å². The number of aromatic hydroxyl groups is 1. The number of hydrogen-bond acceptors (Lipinski definition) is 3. The number of phenolic OH excluding ortho intramolecular Hbond substituents is 1. The van der Waals surface area contributed by atoms with E-state index in [2.05, 4.69) is 21.2 Å². The molecule has 21 heavy (non-hydrogen) atoms. The molecule has 4 nitrogen and oxygen atoms in total. The minimum Gasteiger partial charge on any atom is -0.508 e. The Bertz CT molecular complexity index is 647. The normalized spacial score (nSPS) is 12.0. The molecule has 0 heterocycles. The molecule has 0 radical (unpaired) electrons. The lowest BCUT2D eigenvalue weighted by molar-refractivity contribution is -0.117. The maximum Gasteiger partial charge on any atom is 0.241 e. The molecule has 1 amide bonds. The molecule has 1 atom stereocenters. The third kappa shape index (κ3) is 4.46. The minimum atomic E-state index is -0.677. The van der Waals surface area contributed by atoms with Gasteiger partial charge in [0.1, 0.15) is 5.75 Å². The largest absolute Gasteiger partial charge is 0.508 e. The summed E-state index contributed by atoms with van der Waals surface area (Å²) in [4.78, 5) is 12.0. The third-order valence-electron chi connectivity index (χ3n) is 2.92. The van der Waals surface area contributed by atoms with Crippen LogP contribution in [-0.4, -0.2) is 17.1 Å². The standard InChI is InChI=1S/C15H14BrClN2O2/c16-12-8-10(3-6-13(12)17)19-15(21)14(18)7-9-1-4-11(20)5-2-9/h1-6,8,14,20H,7,18H2,(H,19,21). The van der Waals surface area contributed by atoms with Crippen molar-refractivity contribution in [2.45, 2.75) is 12.5 Å². The third-order valence-corrected chi connectivity index (χ3v) is 4.13. The van der Waals surface area contributed by atoms with Gasteiger partial charge in [0.25, 0.3) is 0 Å². The van der Waals surface area contributed by atoms with Gasteiger partial charge in [-0.15, -0.1) is 0 Å². The molecule has 110 valence electrons. The predicted octanol–water partition coefficient (Wildman–Crippen LogP) is 3.32. The van der Waals surface area contributed by atoms with E-state index >= 15 is 0 Å². The summed E-state index contributed by atoms with van der Waals surface area (Å²) in [6, 6.07) is 11.0. The molecule has 4 N–H and O–H groups in total. The van der Waals surface area contributed by atoms with E-state index in [4.69, 9.17) is 17.3 Å². The molecule has 1 unspecified atom stereocenters. The predicted molar refractivity (Wildman–Crippen MR) is 87.6 cm³/mol. The fourth-order valence-electron chi connectivity index (χ4n) is 1.79. The number of nitrogens with two attached hydrogens (primary N) is 1. The Labute approximate surface area is 136 Å². The van der Waals surface area contributed by atoms with Gasteiger partial charge in [0.05, 0.1) is 11.1 Å². The van der Waals surface area contributed by atoms with E-state index in [1.807, 2.05) is 0 Å². The average molecular weight is 370 g/mol. The monoisotopic (exact) mass is 368 g/mol. The van der Waals surface area contributed by atoms with Gasteiger partial charge in [-0.05, 0) is 58.2 Å². The average Bonchev–Trinajstić information content (AvgIpc) is 2.45. The SMILES string of the molecule is NC(Cc1ccc(O)cc1)C(=O)Nc1ccc(Cl)c(Br)c1. The summed E-state index contributed by atoms with van der Waals surface area (Å²) in [5.74, 6) is -0.0971. The van der Waals surface area contributed by atoms with Crippen molar-refractivity contribution in [3.8, 4) is 5.75 Å². The molecule has 2 aromatic rings. The Morgan fingerprint density at radius 2 is 1.95 bits per heavy atom. The first kappa shape index (κ1) is 15.8. The summed E-state index contributed by atoms with van der Waals surface area (Å²) in [6.45, 7) is 0. The molecule has 0 spiro atoms. The molecular formula is C15H14BrClN2O2. The number of phenols is 1. The fraction of sp³-hybridized carbons (Fsp3) is 0.133. The molecule has 0 aliphatic heterocycles. The van der Waals surface area contributed by atoms with Gasteiger partial charge in [-0.3, -0.25) is 4.79 Å². The van der Waals surface area contributed by atoms with E-state index in [9.17, 15) is 9.90 Å². The summed E-state index contributed by atoms with van der Waals surface area (Å²) < 4.78 is 0.703. The van der Waals surface area contributed by atoms with Crippen LogP contribution in [0, 0.1) is 0 Å². The zero-order valence-corrected chi connectivity index (χ0v) is 13.4. The van der Waals surface area contributed by atoms with Gasteiger partial charge in [0, 0.05) is 10.2 Å². The van der Waals surface area contributed by atoms with Gasteiger partial charge in [-0.1, -0.05) is 23.7 Å². The quantitative estimate of drug-likeness (QED) is 0.774. The maximum absolute atomic E-state index is 12.0. The highest BCUT2D eigenvalue weighted by molar-refractivity contribution is 9.10. The molecular weight excluding hydrogens is 356 g/mol. The maximum atomic E-state index is 12.0. The summed E-state index contributed by atoms with van der Waals surface area (Å²) in [7, 11) is 0. The number of hydrogen-bond donors (Lipinski definition) is 3. The van der Waals surface area contributed by atoms with Crippen LogP contribution in [-0.2, 0) is 11.2 Å². The van der Waals surface area contributed by atoms with Crippen molar-refractivity contribution in [3.05, 3.63) is 57.5 Å². The smallest absolute Gasteiger partial charge is 0.241 e. The molecule has 0 aliphatic rings. The van der Waals surface area contributed by atoms with Crippen molar-refractivity contribution in [3.63, 3.8) is 0 Å². The summed E-state index contributed by atoms with van der Waals surface area (Å²) >= 11 is 9.19. The van der Waals surface area contributed by atoms with E-state index in [0.29, 0.717) is 21.6 Å². The van der Waals surface area contributed by atoms with E-state index in [-0.39, 0.29) is 11.7 Å². The first-order valence-corrected chi connectivity index (χ1v) is 7.42. The molecule has 2 aromatic carbocycles. The number of carbonyl (C=O) groups is 1. The Kier molecular flexibility index (Phi) is 5.22. The van der Waals surface area contributed by atoms with Crippen molar-refractivity contribution in [2.24, 2.45) is 5.73 Å². The van der Waals surface area contributed by atoms with E-state index in [0.717, 1.165) is 5.56 Å². The zero-order chi connectivity index (χ0) is 15.4. The number of carbonyl (C=O) groups excluding carboxylic acids is 1. The second-order valence-electron chi connectivity index (χ2n) is 4.60. The van der Waals surface area contributed by atoms with Crippen LogP contribution in [0.2, 0.25) is 5.02 Å². The van der Waals surface area contributed by atoms with Crippen molar-refractivity contribution < 1.29 is 9.90 Å². The van der Waals surface area contributed by atoms with Crippen molar-refractivity contribution in [1.29, 1.82) is 0 Å². The van der Waals surface area contributed by atoms with Crippen LogP contribution in [0.25, 0.3) is 0 Å². The van der Waals surface area contributed by atoms with E-state index in [1.165, 1.54) is 0 Å². The van der Waals surface area contributed by atoms with Crippen molar-refractivity contribution >= 4 is 39.1 Å². The molecule has 6 heteroatoms. The summed E-state index contributed by atoms with van der Waals surface area (Å²) in [5.41, 5.74) is 7.40. The highest BCUT2D eigenvalue weighted by Crippen LogP contribution is 2.25. The van der Waals surface area contributed by atoms with Crippen LogP contribution >= 0.6 is 27.5 Å². The molecule has 0 saturated carbocycles. The second-order valence-corrected chi connectivity index (χ2v) is 5.86. The number of halogens is 2. The molecule has 0 aliphatic carbocycles. The Balaban J connectivity index is 1.98. The summed E-state index contributed by atoms with van der Waals surface area (Å²) in [6.07, 6.45) is 0.390. The first-order valence-electron chi connectivity index (χ1n) is 6.25. The molecule has 0 bridgehead atoms. The number of nitrogens with one attached hydrogen (secondary N) is 1. The molecule has 0 saturated heterocycles. The Hall–Kier alpha value is -1.56. The van der Waals surface area contributed by atoms with Crippen molar-refractivity contribution in [2.75, 3.05) is 5.32 Å². The highest BCUT2D eigenvalue weighted by atomic mass is 79.9. The lowest BCUT2D eigenvalue weighted by Gasteiger charge is -2.13. The van der Waals surface area contributed by atoms with Gasteiger partial charge < -0.3 is 16.2 Å².